The van der Waals surface area contributed by atoms with Gasteiger partial charge in [-0.1, -0.05) is 19.1 Å². The third kappa shape index (κ3) is 2.84. The maximum absolute atomic E-state index is 13.4. The zero-order valence-corrected chi connectivity index (χ0v) is 12.9. The molecule has 1 N–H and O–H groups in total. The zero-order chi connectivity index (χ0) is 14.0. The molecule has 2 aromatic rings. The van der Waals surface area contributed by atoms with E-state index >= 15 is 0 Å². The Balaban J connectivity index is 2.59. The average Bonchev–Trinajstić information content (AvgIpc) is 2.42. The van der Waals surface area contributed by atoms with Gasteiger partial charge in [0.25, 0.3) is 0 Å². The molecule has 0 fully saturated rings. The quantitative estimate of drug-likeness (QED) is 0.846. The highest BCUT2D eigenvalue weighted by Crippen LogP contribution is 2.26. The van der Waals surface area contributed by atoms with Gasteiger partial charge in [-0.05, 0) is 40.5 Å². The smallest absolute Gasteiger partial charge is 0.165 e. The second kappa shape index (κ2) is 5.79. The molecule has 0 saturated carbocycles. The van der Waals surface area contributed by atoms with Crippen LogP contribution >= 0.6 is 28.1 Å². The summed E-state index contributed by atoms with van der Waals surface area (Å²) in [4.78, 5) is 7.48. The first-order chi connectivity index (χ1) is 9.06. The highest BCUT2D eigenvalue weighted by molar-refractivity contribution is 9.10. The van der Waals surface area contributed by atoms with Gasteiger partial charge in [0, 0.05) is 11.3 Å². The highest BCUT2D eigenvalue weighted by Gasteiger charge is 2.09. The van der Waals surface area contributed by atoms with E-state index < -0.39 is 5.82 Å². The van der Waals surface area contributed by atoms with Crippen LogP contribution < -0.4 is 4.74 Å². The number of aromatic nitrogens is 2. The van der Waals surface area contributed by atoms with E-state index in [-0.39, 0.29) is 5.75 Å². The minimum atomic E-state index is -0.405. The largest absolute Gasteiger partial charge is 0.494 e. The van der Waals surface area contributed by atoms with Gasteiger partial charge in [-0.25, -0.2) is 9.37 Å². The van der Waals surface area contributed by atoms with Crippen LogP contribution in [-0.4, -0.2) is 17.1 Å². The number of ether oxygens (including phenoxy) is 1. The second-order valence-electron chi connectivity index (χ2n) is 3.89. The summed E-state index contributed by atoms with van der Waals surface area (Å²) in [6.07, 6.45) is 0.790. The number of nitrogens with zero attached hydrogens (tertiary/aromatic N) is 1. The molecule has 0 spiro atoms. The normalized spacial score (nSPS) is 10.5. The van der Waals surface area contributed by atoms with Gasteiger partial charge in [0.05, 0.1) is 11.6 Å². The van der Waals surface area contributed by atoms with Crippen LogP contribution in [0.15, 0.2) is 22.7 Å². The van der Waals surface area contributed by atoms with Crippen LogP contribution in [0.25, 0.3) is 11.4 Å². The number of H-pyrrole nitrogens is 1. The molecule has 1 heterocycles. The van der Waals surface area contributed by atoms with E-state index in [2.05, 4.69) is 25.9 Å². The average molecular weight is 343 g/mol. The number of halogens is 2. The fraction of sp³-hybridized carbons (Fsp3) is 0.231. The van der Waals surface area contributed by atoms with Crippen molar-refractivity contribution in [2.24, 2.45) is 0 Å². The minimum absolute atomic E-state index is 0.180. The van der Waals surface area contributed by atoms with Crippen LogP contribution in [0.3, 0.4) is 0 Å². The number of methoxy groups -OCH3 is 1. The van der Waals surface area contributed by atoms with Crippen LogP contribution in [0, 0.1) is 10.5 Å². The zero-order valence-electron chi connectivity index (χ0n) is 10.5. The molecule has 1 aromatic heterocycles. The van der Waals surface area contributed by atoms with Crippen LogP contribution in [0.4, 0.5) is 4.39 Å². The Morgan fingerprint density at radius 1 is 1.47 bits per heavy atom. The molecule has 1 aromatic carbocycles. The van der Waals surface area contributed by atoms with Crippen molar-refractivity contribution in [2.45, 2.75) is 13.3 Å². The van der Waals surface area contributed by atoms with E-state index in [9.17, 15) is 4.39 Å². The monoisotopic (exact) mass is 342 g/mol. The third-order valence-electron chi connectivity index (χ3n) is 2.71. The predicted molar refractivity (Wildman–Crippen MR) is 78.4 cm³/mol. The number of aryl methyl sites for hydroxylation is 1. The first-order valence-electron chi connectivity index (χ1n) is 5.69. The van der Waals surface area contributed by atoms with Gasteiger partial charge in [-0.15, -0.1) is 0 Å². The van der Waals surface area contributed by atoms with Gasteiger partial charge < -0.3 is 9.72 Å². The van der Waals surface area contributed by atoms with E-state index in [4.69, 9.17) is 17.0 Å². The van der Waals surface area contributed by atoms with Gasteiger partial charge in [0.2, 0.25) is 0 Å². The molecule has 2 rings (SSSR count). The standard InChI is InChI=1S/C13H12BrFN2OS/c1-3-9-11(14)13(19)17-12(16-9)7-4-5-8(15)10(6-7)18-2/h4-6H,3H2,1-2H3,(H,16,17,19). The molecular formula is C13H12BrFN2OS. The van der Waals surface area contributed by atoms with Crippen LogP contribution in [0.1, 0.15) is 12.6 Å². The molecule has 0 atom stereocenters. The molecule has 0 aliphatic rings. The van der Waals surface area contributed by atoms with Gasteiger partial charge in [0.1, 0.15) is 10.5 Å². The predicted octanol–water partition coefficient (Wildman–Crippen LogP) is 4.28. The lowest BCUT2D eigenvalue weighted by atomic mass is 10.2. The van der Waals surface area contributed by atoms with E-state index in [1.807, 2.05) is 6.92 Å². The first kappa shape index (κ1) is 14.1. The molecule has 0 saturated heterocycles. The maximum Gasteiger partial charge on any atom is 0.165 e. The minimum Gasteiger partial charge on any atom is -0.494 e. The van der Waals surface area contributed by atoms with Crippen molar-refractivity contribution < 1.29 is 9.13 Å². The van der Waals surface area contributed by atoms with Crippen molar-refractivity contribution in [2.75, 3.05) is 7.11 Å². The van der Waals surface area contributed by atoms with Gasteiger partial charge >= 0.3 is 0 Å². The summed E-state index contributed by atoms with van der Waals surface area (Å²) >= 11 is 8.60. The van der Waals surface area contributed by atoms with Crippen molar-refractivity contribution in [3.05, 3.63) is 38.8 Å². The lowest BCUT2D eigenvalue weighted by Gasteiger charge is -2.08. The molecule has 100 valence electrons. The molecule has 0 radical (unpaired) electrons. The Bertz CT molecular complexity index is 672. The first-order valence-corrected chi connectivity index (χ1v) is 6.89. The summed E-state index contributed by atoms with van der Waals surface area (Å²) in [5.74, 6) is 0.376. The van der Waals surface area contributed by atoms with Crippen molar-refractivity contribution in [3.63, 3.8) is 0 Å². The van der Waals surface area contributed by atoms with Crippen molar-refractivity contribution in [1.82, 2.24) is 9.97 Å². The second-order valence-corrected chi connectivity index (χ2v) is 5.07. The van der Waals surface area contributed by atoms with Crippen molar-refractivity contribution >= 4 is 28.1 Å². The molecule has 3 nitrogen and oxygen atoms in total. The SMILES string of the molecule is CCc1[nH]c(-c2ccc(F)c(OC)c2)nc(=S)c1Br. The number of hydrogen-bond acceptors (Lipinski definition) is 3. The van der Waals surface area contributed by atoms with E-state index in [0.717, 1.165) is 22.2 Å². The van der Waals surface area contributed by atoms with Gasteiger partial charge in [-0.2, -0.15) is 0 Å². The summed E-state index contributed by atoms with van der Waals surface area (Å²) in [5, 5.41) is 0. The Morgan fingerprint density at radius 2 is 2.21 bits per heavy atom. The number of nitrogens with one attached hydrogen (secondary N) is 1. The number of rotatable bonds is 3. The van der Waals surface area contributed by atoms with Crippen LogP contribution in [0.2, 0.25) is 0 Å². The summed E-state index contributed by atoms with van der Waals surface area (Å²) in [5.41, 5.74) is 1.69. The highest BCUT2D eigenvalue weighted by atomic mass is 79.9. The van der Waals surface area contributed by atoms with Gasteiger partial charge in [-0.3, -0.25) is 0 Å². The van der Waals surface area contributed by atoms with Crippen LogP contribution in [-0.2, 0) is 6.42 Å². The maximum atomic E-state index is 13.4. The van der Waals surface area contributed by atoms with Gasteiger partial charge in [0.15, 0.2) is 11.6 Å². The fourth-order valence-electron chi connectivity index (χ4n) is 1.69. The molecule has 0 amide bonds. The van der Waals surface area contributed by atoms with Crippen LogP contribution in [0.5, 0.6) is 5.75 Å². The molecule has 0 unspecified atom stereocenters. The molecule has 19 heavy (non-hydrogen) atoms. The number of benzene rings is 1. The van der Waals surface area contributed by atoms with E-state index in [1.54, 1.807) is 12.1 Å². The summed E-state index contributed by atoms with van der Waals surface area (Å²) in [6.45, 7) is 2.01. The van der Waals surface area contributed by atoms with Crippen molar-refractivity contribution in [1.29, 1.82) is 0 Å². The number of aromatic amines is 1. The Labute approximate surface area is 124 Å². The Hall–Kier alpha value is -1.27. The summed E-state index contributed by atoms with van der Waals surface area (Å²) < 4.78 is 19.6. The van der Waals surface area contributed by atoms with Crippen molar-refractivity contribution in [3.8, 4) is 17.1 Å². The topological polar surface area (TPSA) is 37.9 Å². The molecule has 0 aliphatic carbocycles. The summed E-state index contributed by atoms with van der Waals surface area (Å²) in [6, 6.07) is 4.58. The molecule has 6 heteroatoms. The molecular weight excluding hydrogens is 331 g/mol. The third-order valence-corrected chi connectivity index (χ3v) is 4.13. The van der Waals surface area contributed by atoms with E-state index in [0.29, 0.717) is 10.5 Å². The Morgan fingerprint density at radius 3 is 2.84 bits per heavy atom. The number of hydrogen-bond donors (Lipinski definition) is 1. The molecule has 0 bridgehead atoms. The van der Waals surface area contributed by atoms with E-state index in [1.165, 1.54) is 13.2 Å². The fourth-order valence-corrected chi connectivity index (χ4v) is 2.38. The lowest BCUT2D eigenvalue weighted by Crippen LogP contribution is -1.98. The lowest BCUT2D eigenvalue weighted by molar-refractivity contribution is 0.386. The Kier molecular flexibility index (Phi) is 4.31. The summed E-state index contributed by atoms with van der Waals surface area (Å²) in [7, 11) is 1.43. The molecule has 0 aliphatic heterocycles.